The molecule has 1 aromatic carbocycles. The number of furan rings is 1. The summed E-state index contributed by atoms with van der Waals surface area (Å²) < 4.78 is 11.0. The maximum absolute atomic E-state index is 11.4. The molecule has 1 aliphatic rings. The lowest BCUT2D eigenvalue weighted by Crippen LogP contribution is -2.25. The van der Waals surface area contributed by atoms with Gasteiger partial charge in [-0.1, -0.05) is 6.07 Å². The van der Waals surface area contributed by atoms with Gasteiger partial charge in [0.05, 0.1) is 11.1 Å². The van der Waals surface area contributed by atoms with Crippen molar-refractivity contribution in [2.45, 2.75) is 26.1 Å². The number of fused-ring (bicyclic) bond motifs is 1. The molecule has 0 aliphatic carbocycles. The lowest BCUT2D eigenvalue weighted by atomic mass is 10.00. The fraction of sp³-hybridized carbons (Fsp3) is 0.312. The van der Waals surface area contributed by atoms with Gasteiger partial charge in [0.2, 0.25) is 0 Å². The van der Waals surface area contributed by atoms with Crippen molar-refractivity contribution in [2.75, 3.05) is 11.9 Å². The Bertz CT molecular complexity index is 721. The van der Waals surface area contributed by atoms with Crippen LogP contribution in [-0.4, -0.2) is 12.5 Å². The molecule has 0 bridgehead atoms. The van der Waals surface area contributed by atoms with Crippen molar-refractivity contribution in [3.05, 3.63) is 46.4 Å². The highest BCUT2D eigenvalue weighted by molar-refractivity contribution is 6.23. The summed E-state index contributed by atoms with van der Waals surface area (Å²) in [5, 5.41) is 2.47. The average Bonchev–Trinajstić information content (AvgIpc) is 2.70. The molecule has 5 heteroatoms. The second-order valence-corrected chi connectivity index (χ2v) is 5.64. The van der Waals surface area contributed by atoms with E-state index in [0.29, 0.717) is 11.4 Å². The van der Waals surface area contributed by atoms with E-state index in [1.165, 1.54) is 0 Å². The zero-order valence-electron chi connectivity index (χ0n) is 12.1. The second kappa shape index (κ2) is 5.11. The van der Waals surface area contributed by atoms with E-state index in [-0.39, 0.29) is 17.9 Å². The summed E-state index contributed by atoms with van der Waals surface area (Å²) in [6.45, 7) is 5.89. The molecule has 2 heterocycles. The Morgan fingerprint density at radius 2 is 2.00 bits per heavy atom. The first-order valence-corrected chi connectivity index (χ1v) is 7.18. The van der Waals surface area contributed by atoms with Gasteiger partial charge >= 0.3 is 0 Å². The fourth-order valence-corrected chi connectivity index (χ4v) is 3.06. The first-order chi connectivity index (χ1) is 9.97. The molecule has 1 amide bonds. The minimum atomic E-state index is -0.327. The van der Waals surface area contributed by atoms with Crippen molar-refractivity contribution in [3.63, 3.8) is 0 Å². The topological polar surface area (TPSA) is 51.5 Å². The number of carbonyl (C=O) groups is 1. The number of nitrogens with one attached hydrogen (secondary N) is 1. The van der Waals surface area contributed by atoms with Crippen molar-refractivity contribution in [1.29, 1.82) is 0 Å². The van der Waals surface area contributed by atoms with Crippen LogP contribution in [0.5, 0.6) is 5.75 Å². The minimum Gasteiger partial charge on any atom is -0.482 e. The van der Waals surface area contributed by atoms with Crippen molar-refractivity contribution in [1.82, 2.24) is 0 Å². The van der Waals surface area contributed by atoms with Crippen molar-refractivity contribution >= 4 is 23.2 Å². The number of carbonyl (C=O) groups excluding carboxylic acids is 1. The van der Waals surface area contributed by atoms with E-state index in [2.05, 4.69) is 5.32 Å². The number of rotatable bonds is 2. The summed E-state index contributed by atoms with van der Waals surface area (Å²) >= 11 is 6.62. The Morgan fingerprint density at radius 1 is 1.24 bits per heavy atom. The predicted molar refractivity (Wildman–Crippen MR) is 81.2 cm³/mol. The van der Waals surface area contributed by atoms with Crippen molar-refractivity contribution in [3.8, 4) is 5.75 Å². The standard InChI is InChI=1S/C16H16ClNO3/c1-8-9(2)21-10(3)15(8)16(17)11-4-5-13-12(6-11)18-14(19)7-20-13/h4-6,16H,7H2,1-3H3,(H,18,19). The van der Waals surface area contributed by atoms with Gasteiger partial charge in [-0.2, -0.15) is 0 Å². The zero-order chi connectivity index (χ0) is 15.1. The Hall–Kier alpha value is -1.94. The van der Waals surface area contributed by atoms with E-state index in [4.69, 9.17) is 20.8 Å². The third-order valence-electron chi connectivity index (χ3n) is 3.80. The Morgan fingerprint density at radius 3 is 2.67 bits per heavy atom. The number of alkyl halides is 1. The van der Waals surface area contributed by atoms with Crippen LogP contribution in [0.3, 0.4) is 0 Å². The molecule has 4 nitrogen and oxygen atoms in total. The van der Waals surface area contributed by atoms with Gasteiger partial charge in [0.15, 0.2) is 6.61 Å². The van der Waals surface area contributed by atoms with Crippen LogP contribution in [0, 0.1) is 20.8 Å². The fourth-order valence-electron chi connectivity index (χ4n) is 2.61. The number of hydrogen-bond acceptors (Lipinski definition) is 3. The normalized spacial score (nSPS) is 15.1. The van der Waals surface area contributed by atoms with Crippen molar-refractivity contribution < 1.29 is 13.9 Å². The van der Waals surface area contributed by atoms with Crippen LogP contribution >= 0.6 is 11.6 Å². The van der Waals surface area contributed by atoms with E-state index in [9.17, 15) is 4.79 Å². The number of aryl methyl sites for hydroxylation is 2. The Balaban J connectivity index is 2.00. The molecule has 21 heavy (non-hydrogen) atoms. The number of anilines is 1. The minimum absolute atomic E-state index is 0.0514. The lowest BCUT2D eigenvalue weighted by Gasteiger charge is -2.20. The lowest BCUT2D eigenvalue weighted by molar-refractivity contribution is -0.118. The van der Waals surface area contributed by atoms with Gasteiger partial charge in [0.25, 0.3) is 5.91 Å². The zero-order valence-corrected chi connectivity index (χ0v) is 12.9. The van der Waals surface area contributed by atoms with E-state index in [0.717, 1.165) is 28.2 Å². The summed E-state index contributed by atoms with van der Waals surface area (Å²) in [6.07, 6.45) is 0. The van der Waals surface area contributed by atoms with Crippen LogP contribution in [0.1, 0.15) is 33.6 Å². The van der Waals surface area contributed by atoms with E-state index in [1.807, 2.05) is 39.0 Å². The maximum Gasteiger partial charge on any atom is 0.262 e. The van der Waals surface area contributed by atoms with Crippen LogP contribution in [0.15, 0.2) is 22.6 Å². The monoisotopic (exact) mass is 305 g/mol. The average molecular weight is 306 g/mol. The molecule has 0 saturated carbocycles. The van der Waals surface area contributed by atoms with Crippen LogP contribution in [-0.2, 0) is 4.79 Å². The summed E-state index contributed by atoms with van der Waals surface area (Å²) in [5.74, 6) is 2.21. The molecular weight excluding hydrogens is 290 g/mol. The number of ether oxygens (including phenoxy) is 1. The van der Waals surface area contributed by atoms with Gasteiger partial charge in [-0.3, -0.25) is 4.79 Å². The predicted octanol–water partition coefficient (Wildman–Crippen LogP) is 3.86. The van der Waals surface area contributed by atoms with Gasteiger partial charge in [-0.25, -0.2) is 0 Å². The van der Waals surface area contributed by atoms with Gasteiger partial charge < -0.3 is 14.5 Å². The number of amides is 1. The molecule has 1 N–H and O–H groups in total. The molecule has 0 spiro atoms. The molecule has 1 atom stereocenters. The van der Waals surface area contributed by atoms with Crippen molar-refractivity contribution in [2.24, 2.45) is 0 Å². The van der Waals surface area contributed by atoms with E-state index >= 15 is 0 Å². The van der Waals surface area contributed by atoms with Gasteiger partial charge in [-0.05, 0) is 44.0 Å². The number of halogens is 1. The third kappa shape index (κ3) is 2.40. The maximum atomic E-state index is 11.4. The Kier molecular flexibility index (Phi) is 3.41. The summed E-state index contributed by atoms with van der Waals surface area (Å²) in [7, 11) is 0. The molecule has 0 saturated heterocycles. The van der Waals surface area contributed by atoms with Crippen LogP contribution in [0.25, 0.3) is 0 Å². The molecule has 1 aliphatic heterocycles. The first kappa shape index (κ1) is 14.0. The highest BCUT2D eigenvalue weighted by Gasteiger charge is 2.23. The van der Waals surface area contributed by atoms with Gasteiger partial charge in [0.1, 0.15) is 17.3 Å². The smallest absolute Gasteiger partial charge is 0.262 e. The highest BCUT2D eigenvalue weighted by Crippen LogP contribution is 2.39. The van der Waals surface area contributed by atoms with Crippen LogP contribution in [0.4, 0.5) is 5.69 Å². The summed E-state index contributed by atoms with van der Waals surface area (Å²) in [4.78, 5) is 11.4. The molecule has 2 aromatic rings. The van der Waals surface area contributed by atoms with E-state index in [1.54, 1.807) is 0 Å². The summed E-state index contributed by atoms with van der Waals surface area (Å²) in [6, 6.07) is 5.59. The van der Waals surface area contributed by atoms with Crippen LogP contribution in [0.2, 0.25) is 0 Å². The van der Waals surface area contributed by atoms with Crippen LogP contribution < -0.4 is 10.1 Å². The Labute approximate surface area is 128 Å². The molecule has 0 radical (unpaired) electrons. The first-order valence-electron chi connectivity index (χ1n) is 6.74. The largest absolute Gasteiger partial charge is 0.482 e. The van der Waals surface area contributed by atoms with Gasteiger partial charge in [-0.15, -0.1) is 11.6 Å². The second-order valence-electron chi connectivity index (χ2n) is 5.21. The number of benzene rings is 1. The SMILES string of the molecule is Cc1oc(C)c(C(Cl)c2ccc3c(c2)NC(=O)CO3)c1C. The van der Waals surface area contributed by atoms with E-state index < -0.39 is 0 Å². The molecule has 1 unspecified atom stereocenters. The molecule has 3 rings (SSSR count). The molecular formula is C16H16ClNO3. The quantitative estimate of drug-likeness (QED) is 0.857. The summed E-state index contributed by atoms with van der Waals surface area (Å²) in [5.41, 5.74) is 3.60. The number of hydrogen-bond donors (Lipinski definition) is 1. The molecule has 1 aromatic heterocycles. The van der Waals surface area contributed by atoms with Gasteiger partial charge in [0, 0.05) is 5.56 Å². The molecule has 0 fully saturated rings. The highest BCUT2D eigenvalue weighted by atomic mass is 35.5. The molecule has 110 valence electrons. The third-order valence-corrected chi connectivity index (χ3v) is 4.27.